The highest BCUT2D eigenvalue weighted by Gasteiger charge is 2.56. The van der Waals surface area contributed by atoms with E-state index in [2.05, 4.69) is 5.32 Å². The zero-order valence-corrected chi connectivity index (χ0v) is 18.5. The monoisotopic (exact) mass is 458 g/mol. The van der Waals surface area contributed by atoms with Crippen molar-refractivity contribution in [3.05, 3.63) is 59.9 Å². The molecule has 2 aromatic rings. The van der Waals surface area contributed by atoms with Gasteiger partial charge in [0.1, 0.15) is 11.9 Å². The number of amides is 1. The number of ether oxygens (including phenoxy) is 1. The van der Waals surface area contributed by atoms with Crippen LogP contribution in [0.25, 0.3) is 11.1 Å². The van der Waals surface area contributed by atoms with Crippen LogP contribution >= 0.6 is 0 Å². The summed E-state index contributed by atoms with van der Waals surface area (Å²) in [6.45, 7) is 0.259. The summed E-state index contributed by atoms with van der Waals surface area (Å²) < 4.78 is 51.1. The molecule has 1 unspecified atom stereocenters. The number of alkyl halides is 2. The Labute approximate surface area is 192 Å². The first kappa shape index (κ1) is 22.4. The number of carbonyl (C=O) groups excluding carboxylic acids is 1. The highest BCUT2D eigenvalue weighted by molar-refractivity contribution is 5.82. The van der Waals surface area contributed by atoms with Crippen LogP contribution in [0.1, 0.15) is 31.2 Å². The van der Waals surface area contributed by atoms with E-state index in [1.807, 2.05) is 30.3 Å². The number of carbonyl (C=O) groups is 1. The normalized spacial score (nSPS) is 26.3. The van der Waals surface area contributed by atoms with Gasteiger partial charge in [-0.25, -0.2) is 13.2 Å². The minimum Gasteiger partial charge on any atom is -0.368 e. The van der Waals surface area contributed by atoms with Crippen molar-refractivity contribution < 1.29 is 22.7 Å². The molecule has 0 bridgehead atoms. The van der Waals surface area contributed by atoms with Crippen molar-refractivity contribution in [3.63, 3.8) is 0 Å². The molecule has 3 atom stereocenters. The second kappa shape index (κ2) is 9.11. The minimum absolute atomic E-state index is 0.0155. The van der Waals surface area contributed by atoms with Gasteiger partial charge in [-0.1, -0.05) is 61.4 Å². The van der Waals surface area contributed by atoms with E-state index in [0.717, 1.165) is 24.8 Å². The van der Waals surface area contributed by atoms with Crippen LogP contribution in [-0.4, -0.2) is 54.6 Å². The molecule has 1 aliphatic carbocycles. The van der Waals surface area contributed by atoms with E-state index in [1.54, 1.807) is 18.2 Å². The first-order valence-electron chi connectivity index (χ1n) is 11.8. The third-order valence-corrected chi connectivity index (χ3v) is 7.09. The van der Waals surface area contributed by atoms with Crippen LogP contribution in [0, 0.1) is 11.7 Å². The van der Waals surface area contributed by atoms with Crippen LogP contribution < -0.4 is 5.32 Å². The molecule has 0 aromatic heterocycles. The predicted molar refractivity (Wildman–Crippen MR) is 119 cm³/mol. The van der Waals surface area contributed by atoms with E-state index >= 15 is 13.2 Å². The van der Waals surface area contributed by atoms with Gasteiger partial charge in [-0.05, 0) is 36.4 Å². The lowest BCUT2D eigenvalue weighted by Crippen LogP contribution is -2.53. The van der Waals surface area contributed by atoms with Crippen LogP contribution in [0.3, 0.4) is 0 Å². The molecule has 0 spiro atoms. The number of hydrogen-bond donors (Lipinski definition) is 1. The maximum absolute atomic E-state index is 15.5. The Kier molecular flexibility index (Phi) is 6.18. The summed E-state index contributed by atoms with van der Waals surface area (Å²) in [4.78, 5) is 14.2. The lowest BCUT2D eigenvalue weighted by molar-refractivity contribution is -0.158. The van der Waals surface area contributed by atoms with Crippen LogP contribution in [0.15, 0.2) is 48.5 Å². The third-order valence-electron chi connectivity index (χ3n) is 7.09. The van der Waals surface area contributed by atoms with Crippen LogP contribution in [-0.2, 0) is 16.0 Å². The molecule has 4 nitrogen and oxygen atoms in total. The van der Waals surface area contributed by atoms with Gasteiger partial charge in [-0.15, -0.1) is 0 Å². The number of rotatable bonds is 8. The van der Waals surface area contributed by atoms with Gasteiger partial charge in [-0.3, -0.25) is 4.79 Å². The number of nitrogens with zero attached hydrogens (tertiary/aromatic N) is 1. The molecule has 176 valence electrons. The largest absolute Gasteiger partial charge is 0.368 e. The summed E-state index contributed by atoms with van der Waals surface area (Å²) >= 11 is 0. The predicted octanol–water partition coefficient (Wildman–Crippen LogP) is 4.43. The standard InChI is InChI=1S/C26H29F3N2O2/c27-23-19(7-4-8-20(23)18-5-2-1-3-6-18)15-21-24(30-13-11-17-9-10-17)26(28,29)16-31(21)25(32)22-12-14-33-22/h1-8,17,21-22,24,30H,9-16H2/t21-,22?,24+/m0/s1. The van der Waals surface area contributed by atoms with Crippen LogP contribution in [0.2, 0.25) is 0 Å². The Bertz CT molecular complexity index is 992. The average Bonchev–Trinajstić information content (AvgIpc) is 3.55. The van der Waals surface area contributed by atoms with Crippen molar-refractivity contribution in [1.29, 1.82) is 0 Å². The SMILES string of the molecule is O=C(C1CCO1)N1CC(F)(F)[C@H](NCCC2CC2)[C@@H]1Cc1cccc(-c2ccccc2)c1F. The molecule has 2 aromatic carbocycles. The second-order valence-corrected chi connectivity index (χ2v) is 9.46. The fourth-order valence-corrected chi connectivity index (χ4v) is 4.93. The molecule has 7 heteroatoms. The lowest BCUT2D eigenvalue weighted by Gasteiger charge is -2.34. The minimum atomic E-state index is -3.10. The summed E-state index contributed by atoms with van der Waals surface area (Å²) in [6, 6.07) is 12.1. The lowest BCUT2D eigenvalue weighted by atomic mass is 9.94. The molecular formula is C26H29F3N2O2. The average molecular weight is 459 g/mol. The number of likely N-dealkylation sites (tertiary alicyclic amines) is 1. The molecule has 2 saturated heterocycles. The van der Waals surface area contributed by atoms with E-state index < -0.39 is 42.4 Å². The van der Waals surface area contributed by atoms with Gasteiger partial charge in [0.05, 0.1) is 25.2 Å². The molecular weight excluding hydrogens is 429 g/mol. The van der Waals surface area contributed by atoms with E-state index in [0.29, 0.717) is 36.6 Å². The van der Waals surface area contributed by atoms with E-state index in [9.17, 15) is 4.79 Å². The van der Waals surface area contributed by atoms with Gasteiger partial charge in [-0.2, -0.15) is 0 Å². The smallest absolute Gasteiger partial charge is 0.282 e. The summed E-state index contributed by atoms with van der Waals surface area (Å²) in [7, 11) is 0. The molecule has 2 heterocycles. The summed E-state index contributed by atoms with van der Waals surface area (Å²) in [5.74, 6) is -3.34. The van der Waals surface area contributed by atoms with Gasteiger partial charge in [0.2, 0.25) is 0 Å². The van der Waals surface area contributed by atoms with Gasteiger partial charge in [0, 0.05) is 12.0 Å². The number of halogens is 3. The Balaban J connectivity index is 1.43. The van der Waals surface area contributed by atoms with Crippen molar-refractivity contribution in [1.82, 2.24) is 10.2 Å². The quantitative estimate of drug-likeness (QED) is 0.637. The topological polar surface area (TPSA) is 41.6 Å². The zero-order chi connectivity index (χ0) is 23.0. The maximum atomic E-state index is 15.5. The molecule has 33 heavy (non-hydrogen) atoms. The van der Waals surface area contributed by atoms with Crippen molar-refractivity contribution in [2.24, 2.45) is 5.92 Å². The first-order valence-corrected chi connectivity index (χ1v) is 11.8. The number of benzene rings is 2. The Hall–Kier alpha value is -2.38. The highest BCUT2D eigenvalue weighted by atomic mass is 19.3. The number of nitrogens with one attached hydrogen (secondary N) is 1. The molecule has 3 aliphatic rings. The molecule has 3 fully saturated rings. The van der Waals surface area contributed by atoms with Crippen molar-refractivity contribution >= 4 is 5.91 Å². The van der Waals surface area contributed by atoms with E-state index in [1.165, 1.54) is 4.90 Å². The van der Waals surface area contributed by atoms with Crippen molar-refractivity contribution in [2.45, 2.75) is 56.2 Å². The van der Waals surface area contributed by atoms with Crippen molar-refractivity contribution in [2.75, 3.05) is 19.7 Å². The maximum Gasteiger partial charge on any atom is 0.282 e. The summed E-state index contributed by atoms with van der Waals surface area (Å²) in [5, 5.41) is 3.03. The number of hydrogen-bond acceptors (Lipinski definition) is 3. The van der Waals surface area contributed by atoms with E-state index in [-0.39, 0.29) is 6.42 Å². The molecule has 2 aliphatic heterocycles. The zero-order valence-electron chi connectivity index (χ0n) is 18.5. The molecule has 0 radical (unpaired) electrons. The first-order chi connectivity index (χ1) is 15.9. The Morgan fingerprint density at radius 1 is 1.09 bits per heavy atom. The summed E-state index contributed by atoms with van der Waals surface area (Å²) in [5.41, 5.74) is 1.49. The molecule has 5 rings (SSSR count). The van der Waals surface area contributed by atoms with Gasteiger partial charge >= 0.3 is 0 Å². The third kappa shape index (κ3) is 4.66. The van der Waals surface area contributed by atoms with Gasteiger partial charge < -0.3 is 15.0 Å². The highest BCUT2D eigenvalue weighted by Crippen LogP contribution is 2.38. The van der Waals surface area contributed by atoms with Gasteiger partial charge in [0.15, 0.2) is 0 Å². The fourth-order valence-electron chi connectivity index (χ4n) is 4.93. The Morgan fingerprint density at radius 2 is 1.85 bits per heavy atom. The van der Waals surface area contributed by atoms with Gasteiger partial charge in [0.25, 0.3) is 11.8 Å². The fraction of sp³-hybridized carbons (Fsp3) is 0.500. The molecule has 1 N–H and O–H groups in total. The molecule has 1 saturated carbocycles. The van der Waals surface area contributed by atoms with E-state index in [4.69, 9.17) is 4.74 Å². The molecule has 1 amide bonds. The second-order valence-electron chi connectivity index (χ2n) is 9.46. The van der Waals surface area contributed by atoms with Crippen LogP contribution in [0.5, 0.6) is 0 Å². The Morgan fingerprint density at radius 3 is 2.52 bits per heavy atom. The summed E-state index contributed by atoms with van der Waals surface area (Å²) in [6.07, 6.45) is 3.01. The van der Waals surface area contributed by atoms with Crippen molar-refractivity contribution in [3.8, 4) is 11.1 Å². The van der Waals surface area contributed by atoms with Crippen LogP contribution in [0.4, 0.5) is 13.2 Å².